The van der Waals surface area contributed by atoms with E-state index in [1.54, 1.807) is 0 Å². The fourth-order valence-corrected chi connectivity index (χ4v) is 2.91. The van der Waals surface area contributed by atoms with Crippen LogP contribution in [-0.4, -0.2) is 54.6 Å². The smallest absolute Gasteiger partial charge is 0.241 e. The maximum absolute atomic E-state index is 12.6. The van der Waals surface area contributed by atoms with Crippen molar-refractivity contribution in [3.8, 4) is 0 Å². The highest BCUT2D eigenvalue weighted by Crippen LogP contribution is 2.23. The van der Waals surface area contributed by atoms with E-state index in [9.17, 15) is 4.79 Å². The number of hydrogen-bond donors (Lipinski definition) is 1. The third-order valence-electron chi connectivity index (χ3n) is 3.81. The molecule has 4 nitrogen and oxygen atoms in total. The van der Waals surface area contributed by atoms with Crippen LogP contribution in [0, 0.1) is 5.92 Å². The summed E-state index contributed by atoms with van der Waals surface area (Å²) in [7, 11) is 4.12. The van der Waals surface area contributed by atoms with Crippen LogP contribution in [0.5, 0.6) is 0 Å². The summed E-state index contributed by atoms with van der Waals surface area (Å²) in [6.45, 7) is 9.60. The third kappa shape index (κ3) is 4.18. The predicted octanol–water partition coefficient (Wildman–Crippen LogP) is 1.91. The van der Waals surface area contributed by atoms with Crippen LogP contribution < -0.4 is 5.32 Å². The van der Waals surface area contributed by atoms with Gasteiger partial charge >= 0.3 is 0 Å². The topological polar surface area (TPSA) is 35.6 Å². The highest BCUT2D eigenvalue weighted by atomic mass is 16.2. The summed E-state index contributed by atoms with van der Waals surface area (Å²) in [6, 6.07) is 0.283. The molecule has 0 aromatic heterocycles. The zero-order chi connectivity index (χ0) is 14.6. The van der Waals surface area contributed by atoms with Crippen LogP contribution in [0.2, 0.25) is 0 Å². The van der Waals surface area contributed by atoms with E-state index in [1.807, 2.05) is 0 Å². The van der Waals surface area contributed by atoms with Crippen molar-refractivity contribution in [2.75, 3.05) is 20.6 Å². The van der Waals surface area contributed by atoms with Gasteiger partial charge in [-0.2, -0.15) is 0 Å². The van der Waals surface area contributed by atoms with Gasteiger partial charge in [-0.05, 0) is 33.4 Å². The molecule has 1 aliphatic heterocycles. The Morgan fingerprint density at radius 2 is 1.95 bits per heavy atom. The van der Waals surface area contributed by atoms with Gasteiger partial charge in [0.05, 0.1) is 12.2 Å². The lowest BCUT2D eigenvalue weighted by atomic mass is 10.1. The first kappa shape index (κ1) is 16.4. The van der Waals surface area contributed by atoms with Crippen molar-refractivity contribution < 1.29 is 4.79 Å². The first-order chi connectivity index (χ1) is 8.88. The number of amides is 1. The molecule has 0 bridgehead atoms. The number of carbonyl (C=O) groups is 1. The van der Waals surface area contributed by atoms with Crippen LogP contribution in [0.3, 0.4) is 0 Å². The maximum Gasteiger partial charge on any atom is 0.241 e. The zero-order valence-corrected chi connectivity index (χ0v) is 13.4. The second kappa shape index (κ2) is 7.25. The van der Waals surface area contributed by atoms with Crippen LogP contribution in [0.25, 0.3) is 0 Å². The minimum Gasteiger partial charge on any atom is -0.322 e. The molecule has 1 saturated heterocycles. The first-order valence-electron chi connectivity index (χ1n) is 7.61. The lowest BCUT2D eigenvalue weighted by Gasteiger charge is -2.34. The van der Waals surface area contributed by atoms with Gasteiger partial charge in [0.2, 0.25) is 5.91 Å². The number of likely N-dealkylation sites (N-methyl/N-ethyl adjacent to an activating group) is 1. The third-order valence-corrected chi connectivity index (χ3v) is 3.81. The average Bonchev–Trinajstić information content (AvgIpc) is 2.63. The summed E-state index contributed by atoms with van der Waals surface area (Å²) in [5.41, 5.74) is 0. The Morgan fingerprint density at radius 3 is 2.42 bits per heavy atom. The molecule has 1 rings (SSSR count). The number of rotatable bonds is 7. The van der Waals surface area contributed by atoms with Crippen molar-refractivity contribution in [2.24, 2.45) is 5.92 Å². The normalized spacial score (nSPS) is 25.7. The van der Waals surface area contributed by atoms with Gasteiger partial charge in [0.15, 0.2) is 0 Å². The Hall–Kier alpha value is -0.610. The summed E-state index contributed by atoms with van der Waals surface area (Å²) in [5.74, 6) is 0.738. The molecule has 0 aromatic carbocycles. The molecule has 1 aliphatic rings. The summed E-state index contributed by atoms with van der Waals surface area (Å²) >= 11 is 0. The lowest BCUT2D eigenvalue weighted by molar-refractivity contribution is -0.132. The van der Waals surface area contributed by atoms with Crippen molar-refractivity contribution in [2.45, 2.75) is 65.2 Å². The summed E-state index contributed by atoms with van der Waals surface area (Å²) in [5, 5.41) is 3.54. The minimum absolute atomic E-state index is 0.0250. The number of carbonyl (C=O) groups excluding carboxylic acids is 1. The second-order valence-corrected chi connectivity index (χ2v) is 6.41. The fraction of sp³-hybridized carbons (Fsp3) is 0.933. The van der Waals surface area contributed by atoms with E-state index in [0.717, 1.165) is 25.8 Å². The molecular formula is C15H31N3O. The Morgan fingerprint density at radius 1 is 1.32 bits per heavy atom. The number of nitrogens with zero attached hydrogens (tertiary/aromatic N) is 2. The molecule has 0 spiro atoms. The van der Waals surface area contributed by atoms with Crippen molar-refractivity contribution in [1.82, 2.24) is 15.1 Å². The van der Waals surface area contributed by atoms with Gasteiger partial charge in [0.1, 0.15) is 0 Å². The molecular weight excluding hydrogens is 238 g/mol. The van der Waals surface area contributed by atoms with Crippen LogP contribution in [0.4, 0.5) is 0 Å². The molecule has 1 amide bonds. The van der Waals surface area contributed by atoms with E-state index in [4.69, 9.17) is 0 Å². The van der Waals surface area contributed by atoms with Gasteiger partial charge < -0.3 is 9.80 Å². The molecule has 0 aliphatic carbocycles. The summed E-state index contributed by atoms with van der Waals surface area (Å²) < 4.78 is 0. The largest absolute Gasteiger partial charge is 0.322 e. The Kier molecular flexibility index (Phi) is 6.27. The summed E-state index contributed by atoms with van der Waals surface area (Å²) in [6.07, 6.45) is 3.41. The van der Waals surface area contributed by atoms with Gasteiger partial charge in [-0.1, -0.05) is 33.6 Å². The van der Waals surface area contributed by atoms with Crippen LogP contribution in [0.15, 0.2) is 0 Å². The van der Waals surface area contributed by atoms with Gasteiger partial charge in [-0.3, -0.25) is 10.1 Å². The van der Waals surface area contributed by atoms with Crippen LogP contribution in [-0.2, 0) is 4.79 Å². The minimum atomic E-state index is 0.0250. The molecule has 3 unspecified atom stereocenters. The van der Waals surface area contributed by atoms with Crippen molar-refractivity contribution in [1.29, 1.82) is 0 Å². The molecule has 112 valence electrons. The lowest BCUT2D eigenvalue weighted by Crippen LogP contribution is -2.49. The SMILES string of the molecule is CCCCC1NC(C(C)C)N(C(C)CN(C)C)C1=O. The average molecular weight is 269 g/mol. The molecule has 1 heterocycles. The quantitative estimate of drug-likeness (QED) is 0.767. The predicted molar refractivity (Wildman–Crippen MR) is 79.9 cm³/mol. The molecule has 0 aromatic rings. The van der Waals surface area contributed by atoms with Gasteiger partial charge in [-0.15, -0.1) is 0 Å². The number of unbranched alkanes of at least 4 members (excludes halogenated alkanes) is 1. The van der Waals surface area contributed by atoms with Gasteiger partial charge in [0, 0.05) is 12.6 Å². The maximum atomic E-state index is 12.6. The summed E-state index contributed by atoms with van der Waals surface area (Å²) in [4.78, 5) is 16.8. The van der Waals surface area contributed by atoms with E-state index >= 15 is 0 Å². The molecule has 19 heavy (non-hydrogen) atoms. The molecule has 1 fully saturated rings. The van der Waals surface area contributed by atoms with Crippen LogP contribution >= 0.6 is 0 Å². The number of hydrogen-bond acceptors (Lipinski definition) is 3. The number of nitrogens with one attached hydrogen (secondary N) is 1. The Labute approximate surface area is 118 Å². The monoisotopic (exact) mass is 269 g/mol. The van der Waals surface area contributed by atoms with Crippen molar-refractivity contribution >= 4 is 5.91 Å². The molecule has 4 heteroatoms. The van der Waals surface area contributed by atoms with Crippen molar-refractivity contribution in [3.63, 3.8) is 0 Å². The van der Waals surface area contributed by atoms with Gasteiger partial charge in [0.25, 0.3) is 0 Å². The molecule has 0 saturated carbocycles. The molecule has 0 radical (unpaired) electrons. The van der Waals surface area contributed by atoms with Crippen molar-refractivity contribution in [3.05, 3.63) is 0 Å². The van der Waals surface area contributed by atoms with E-state index in [2.05, 4.69) is 56.9 Å². The first-order valence-corrected chi connectivity index (χ1v) is 7.61. The highest BCUT2D eigenvalue weighted by molar-refractivity contribution is 5.84. The molecule has 1 N–H and O–H groups in total. The second-order valence-electron chi connectivity index (χ2n) is 6.41. The Bertz CT molecular complexity index is 291. The zero-order valence-electron chi connectivity index (χ0n) is 13.4. The van der Waals surface area contributed by atoms with E-state index in [0.29, 0.717) is 11.8 Å². The Balaban J connectivity index is 2.76. The van der Waals surface area contributed by atoms with E-state index in [1.165, 1.54) is 0 Å². The van der Waals surface area contributed by atoms with E-state index in [-0.39, 0.29) is 18.2 Å². The van der Waals surface area contributed by atoms with E-state index < -0.39 is 0 Å². The standard InChI is InChI=1S/C15H31N3O/c1-7-8-9-13-15(19)18(12(4)10-17(5)6)14(16-13)11(2)3/h11-14,16H,7-10H2,1-6H3. The fourth-order valence-electron chi connectivity index (χ4n) is 2.91. The highest BCUT2D eigenvalue weighted by Gasteiger charge is 2.41. The van der Waals surface area contributed by atoms with Gasteiger partial charge in [-0.25, -0.2) is 0 Å². The van der Waals surface area contributed by atoms with Crippen LogP contribution in [0.1, 0.15) is 47.0 Å². The molecule has 3 atom stereocenters.